The molecule has 1 aliphatic heterocycles. The van der Waals surface area contributed by atoms with Gasteiger partial charge >= 0.3 is 0 Å². The van der Waals surface area contributed by atoms with Gasteiger partial charge in [0.1, 0.15) is 12.4 Å². The molecule has 0 aromatic heterocycles. The van der Waals surface area contributed by atoms with Crippen LogP contribution in [0, 0.1) is 5.92 Å². The smallest absolute Gasteiger partial charge is 0.272 e. The molecule has 2 fully saturated rings. The lowest BCUT2D eigenvalue weighted by atomic mass is 9.88. The molecule has 2 aliphatic rings. The minimum Gasteiger partial charge on any atom is -0.488 e. The summed E-state index contributed by atoms with van der Waals surface area (Å²) in [5, 5.41) is 6.64. The van der Waals surface area contributed by atoms with Gasteiger partial charge in [0.25, 0.3) is 6.43 Å². The van der Waals surface area contributed by atoms with Crippen molar-refractivity contribution in [3.05, 3.63) is 29.8 Å². The number of rotatable bonds is 7. The van der Waals surface area contributed by atoms with Gasteiger partial charge in [0.2, 0.25) is 5.91 Å². The summed E-state index contributed by atoms with van der Waals surface area (Å²) in [6, 6.07) is 7.25. The van der Waals surface area contributed by atoms with Crippen LogP contribution in [0.3, 0.4) is 0 Å². The van der Waals surface area contributed by atoms with Gasteiger partial charge in [-0.25, -0.2) is 8.78 Å². The first-order valence-electron chi connectivity index (χ1n) is 10.8. The lowest BCUT2D eigenvalue weighted by Gasteiger charge is -2.26. The summed E-state index contributed by atoms with van der Waals surface area (Å²) in [6.45, 7) is 1.36. The Balaban J connectivity index is 1.45. The third kappa shape index (κ3) is 6.57. The van der Waals surface area contributed by atoms with Crippen LogP contribution < -0.4 is 15.4 Å². The second-order valence-corrected chi connectivity index (χ2v) is 8.02. The van der Waals surface area contributed by atoms with Gasteiger partial charge < -0.3 is 20.3 Å². The minimum absolute atomic E-state index is 0.171. The second kappa shape index (κ2) is 11.1. The zero-order chi connectivity index (χ0) is 21.3. The van der Waals surface area contributed by atoms with Gasteiger partial charge in [-0.2, -0.15) is 0 Å². The molecule has 1 atom stereocenters. The molecule has 3 rings (SSSR count). The summed E-state index contributed by atoms with van der Waals surface area (Å²) in [4.78, 5) is 19.0. The van der Waals surface area contributed by atoms with Crippen molar-refractivity contribution in [2.45, 2.75) is 57.5 Å². The van der Waals surface area contributed by atoms with E-state index in [4.69, 9.17) is 4.74 Å². The number of alkyl halides is 2. The van der Waals surface area contributed by atoms with Crippen LogP contribution in [0.25, 0.3) is 0 Å². The summed E-state index contributed by atoms with van der Waals surface area (Å²) < 4.78 is 29.7. The van der Waals surface area contributed by atoms with Crippen LogP contribution in [0.2, 0.25) is 0 Å². The highest BCUT2D eigenvalue weighted by molar-refractivity contribution is 5.81. The fourth-order valence-electron chi connectivity index (χ4n) is 4.16. The number of aliphatic imine (C=N–C) groups is 1. The minimum atomic E-state index is -2.49. The first-order chi connectivity index (χ1) is 14.5. The molecule has 1 unspecified atom stereocenters. The van der Waals surface area contributed by atoms with Gasteiger partial charge in [-0.15, -0.1) is 0 Å². The highest BCUT2D eigenvalue weighted by atomic mass is 19.3. The summed E-state index contributed by atoms with van der Waals surface area (Å²) in [6.07, 6.45) is 4.03. The van der Waals surface area contributed by atoms with E-state index >= 15 is 0 Å². The molecule has 1 aromatic rings. The average molecular weight is 423 g/mol. The number of hydrogen-bond acceptors (Lipinski definition) is 3. The van der Waals surface area contributed by atoms with Crippen LogP contribution in [0.4, 0.5) is 8.78 Å². The average Bonchev–Trinajstić information content (AvgIpc) is 3.24. The summed E-state index contributed by atoms with van der Waals surface area (Å²) in [5.74, 6) is 1.59. The van der Waals surface area contributed by atoms with Crippen molar-refractivity contribution in [2.24, 2.45) is 10.9 Å². The molecule has 1 aliphatic carbocycles. The summed E-state index contributed by atoms with van der Waals surface area (Å²) in [5.41, 5.74) is 0.908. The van der Waals surface area contributed by atoms with E-state index in [0.29, 0.717) is 30.7 Å². The van der Waals surface area contributed by atoms with Gasteiger partial charge in [0.05, 0.1) is 0 Å². The molecular formula is C22H32F2N4O2. The Morgan fingerprint density at radius 2 is 2.07 bits per heavy atom. The number of benzene rings is 1. The third-order valence-electron chi connectivity index (χ3n) is 5.75. The molecular weight excluding hydrogens is 390 g/mol. The maximum Gasteiger partial charge on any atom is 0.272 e. The van der Waals surface area contributed by atoms with Crippen molar-refractivity contribution in [3.63, 3.8) is 0 Å². The van der Waals surface area contributed by atoms with Crippen molar-refractivity contribution in [3.8, 4) is 5.75 Å². The molecule has 1 saturated heterocycles. The first-order valence-corrected chi connectivity index (χ1v) is 10.8. The SMILES string of the molecule is CN=C(NCc1cccc(OCC(F)F)c1)NC1CCN(C(=O)C2CCCCC2)C1. The van der Waals surface area contributed by atoms with Gasteiger partial charge in [-0.05, 0) is 37.0 Å². The molecule has 1 aromatic carbocycles. The van der Waals surface area contributed by atoms with E-state index in [1.54, 1.807) is 25.2 Å². The van der Waals surface area contributed by atoms with Crippen LogP contribution in [-0.4, -0.2) is 56.0 Å². The number of likely N-dealkylation sites (tertiary alicyclic amines) is 1. The van der Waals surface area contributed by atoms with Crippen molar-refractivity contribution in [2.75, 3.05) is 26.7 Å². The van der Waals surface area contributed by atoms with Gasteiger partial charge in [-0.1, -0.05) is 31.4 Å². The molecule has 8 heteroatoms. The number of ether oxygens (including phenoxy) is 1. The molecule has 0 bridgehead atoms. The normalized spacial score (nSPS) is 20.5. The second-order valence-electron chi connectivity index (χ2n) is 8.02. The first kappa shape index (κ1) is 22.3. The molecule has 1 heterocycles. The van der Waals surface area contributed by atoms with Crippen LogP contribution in [-0.2, 0) is 11.3 Å². The maximum atomic E-state index is 12.7. The van der Waals surface area contributed by atoms with Crippen LogP contribution in [0.1, 0.15) is 44.1 Å². The highest BCUT2D eigenvalue weighted by Crippen LogP contribution is 2.26. The zero-order valence-electron chi connectivity index (χ0n) is 17.6. The molecule has 30 heavy (non-hydrogen) atoms. The van der Waals surface area contributed by atoms with Gasteiger partial charge in [0.15, 0.2) is 5.96 Å². The van der Waals surface area contributed by atoms with Crippen molar-refractivity contribution in [1.82, 2.24) is 15.5 Å². The topological polar surface area (TPSA) is 66.0 Å². The van der Waals surface area contributed by atoms with E-state index < -0.39 is 13.0 Å². The zero-order valence-corrected chi connectivity index (χ0v) is 17.6. The molecule has 1 amide bonds. The molecule has 1 saturated carbocycles. The number of halogens is 2. The molecule has 2 N–H and O–H groups in total. The Morgan fingerprint density at radius 1 is 1.27 bits per heavy atom. The standard InChI is InChI=1S/C22H32F2N4O2/c1-25-22(26-13-16-6-5-9-19(12-16)30-15-20(23)24)27-18-10-11-28(14-18)21(29)17-7-3-2-4-8-17/h5-6,9,12,17-18,20H,2-4,7-8,10-11,13-15H2,1H3,(H2,25,26,27). The highest BCUT2D eigenvalue weighted by Gasteiger charge is 2.31. The van der Waals surface area contributed by atoms with Crippen molar-refractivity contribution in [1.29, 1.82) is 0 Å². The number of nitrogens with one attached hydrogen (secondary N) is 2. The number of nitrogens with zero attached hydrogens (tertiary/aromatic N) is 2. The maximum absolute atomic E-state index is 12.7. The Morgan fingerprint density at radius 3 is 2.80 bits per heavy atom. The van der Waals surface area contributed by atoms with E-state index in [1.165, 1.54) is 6.42 Å². The van der Waals surface area contributed by atoms with Crippen LogP contribution in [0.5, 0.6) is 5.75 Å². The van der Waals surface area contributed by atoms with Crippen molar-refractivity contribution < 1.29 is 18.3 Å². The van der Waals surface area contributed by atoms with Crippen LogP contribution >= 0.6 is 0 Å². The molecule has 0 spiro atoms. The summed E-state index contributed by atoms with van der Waals surface area (Å²) in [7, 11) is 1.71. The predicted octanol–water partition coefficient (Wildman–Crippen LogP) is 3.18. The third-order valence-corrected chi connectivity index (χ3v) is 5.75. The quantitative estimate of drug-likeness (QED) is 0.523. The number of amides is 1. The van der Waals surface area contributed by atoms with E-state index in [0.717, 1.165) is 44.2 Å². The fraction of sp³-hybridized carbons (Fsp3) is 0.636. The van der Waals surface area contributed by atoms with Gasteiger partial charge in [-0.3, -0.25) is 9.79 Å². The van der Waals surface area contributed by atoms with Gasteiger partial charge in [0, 0.05) is 38.6 Å². The molecule has 166 valence electrons. The molecule has 0 radical (unpaired) electrons. The van der Waals surface area contributed by atoms with E-state index in [2.05, 4.69) is 15.6 Å². The Hall–Kier alpha value is -2.38. The number of carbonyl (C=O) groups is 1. The Labute approximate surface area is 177 Å². The van der Waals surface area contributed by atoms with E-state index in [9.17, 15) is 13.6 Å². The molecule has 6 nitrogen and oxygen atoms in total. The Kier molecular flexibility index (Phi) is 8.28. The summed E-state index contributed by atoms with van der Waals surface area (Å²) >= 11 is 0. The van der Waals surface area contributed by atoms with E-state index in [-0.39, 0.29) is 12.0 Å². The Bertz CT molecular complexity index is 723. The largest absolute Gasteiger partial charge is 0.488 e. The van der Waals surface area contributed by atoms with E-state index in [1.807, 2.05) is 11.0 Å². The number of hydrogen-bond donors (Lipinski definition) is 2. The number of guanidine groups is 1. The lowest BCUT2D eigenvalue weighted by Crippen LogP contribution is -2.45. The number of carbonyl (C=O) groups excluding carboxylic acids is 1. The predicted molar refractivity (Wildman–Crippen MR) is 113 cm³/mol. The van der Waals surface area contributed by atoms with Crippen LogP contribution in [0.15, 0.2) is 29.3 Å². The lowest BCUT2D eigenvalue weighted by molar-refractivity contribution is -0.135. The van der Waals surface area contributed by atoms with Crippen molar-refractivity contribution >= 4 is 11.9 Å². The monoisotopic (exact) mass is 422 g/mol. The fourth-order valence-corrected chi connectivity index (χ4v) is 4.16.